The van der Waals surface area contributed by atoms with Crippen molar-refractivity contribution in [1.82, 2.24) is 10.2 Å². The Morgan fingerprint density at radius 1 is 1.39 bits per heavy atom. The van der Waals surface area contributed by atoms with E-state index in [4.69, 9.17) is 11.6 Å². The van der Waals surface area contributed by atoms with E-state index in [1.165, 1.54) is 12.0 Å². The zero-order valence-electron chi connectivity index (χ0n) is 13.6. The average molecular weight is 337 g/mol. The number of nitrogens with one attached hydrogen (secondary N) is 1. The second kappa shape index (κ2) is 6.70. The van der Waals surface area contributed by atoms with E-state index in [1.54, 1.807) is 11.9 Å². The molecular formula is C18H25ClN2O2. The largest absolute Gasteiger partial charge is 0.391 e. The van der Waals surface area contributed by atoms with E-state index >= 15 is 0 Å². The van der Waals surface area contributed by atoms with Crippen molar-refractivity contribution in [2.24, 2.45) is 5.92 Å². The van der Waals surface area contributed by atoms with Crippen molar-refractivity contribution in [2.45, 2.75) is 43.6 Å². The summed E-state index contributed by atoms with van der Waals surface area (Å²) in [5, 5.41) is 13.7. The van der Waals surface area contributed by atoms with Gasteiger partial charge in [0.05, 0.1) is 6.10 Å². The smallest absolute Gasteiger partial charge is 0.317 e. The number of aliphatic hydroxyl groups is 1. The van der Waals surface area contributed by atoms with Crippen molar-refractivity contribution in [3.05, 3.63) is 34.9 Å². The Bertz CT molecular complexity index is 553. The molecule has 126 valence electrons. The molecule has 3 rings (SSSR count). The third-order valence-corrected chi connectivity index (χ3v) is 5.57. The lowest BCUT2D eigenvalue weighted by molar-refractivity contribution is 0.112. The number of likely N-dealkylation sites (N-methyl/N-ethyl adjacent to an activating group) is 1. The summed E-state index contributed by atoms with van der Waals surface area (Å²) in [5.74, 6) is 0.386. The highest BCUT2D eigenvalue weighted by Crippen LogP contribution is 2.43. The fourth-order valence-corrected chi connectivity index (χ4v) is 3.47. The van der Waals surface area contributed by atoms with Crippen molar-refractivity contribution in [3.63, 3.8) is 0 Å². The lowest BCUT2D eigenvalue weighted by Crippen LogP contribution is -2.49. The van der Waals surface area contributed by atoms with Crippen LogP contribution >= 0.6 is 11.6 Å². The lowest BCUT2D eigenvalue weighted by Gasteiger charge is -2.43. The number of halogens is 1. The van der Waals surface area contributed by atoms with Crippen LogP contribution in [0.1, 0.15) is 37.7 Å². The molecule has 0 aromatic heterocycles. The molecule has 1 aromatic rings. The molecule has 2 aliphatic carbocycles. The third-order valence-electron chi connectivity index (χ3n) is 5.32. The summed E-state index contributed by atoms with van der Waals surface area (Å²) in [6.45, 7) is 1.04. The summed E-state index contributed by atoms with van der Waals surface area (Å²) in [7, 11) is 1.75. The molecule has 4 nitrogen and oxygen atoms in total. The van der Waals surface area contributed by atoms with Crippen LogP contribution in [0.3, 0.4) is 0 Å². The summed E-state index contributed by atoms with van der Waals surface area (Å²) in [6, 6.07) is 7.85. The number of nitrogens with zero attached hydrogens (tertiary/aromatic N) is 1. The van der Waals surface area contributed by atoms with Gasteiger partial charge in [0.2, 0.25) is 0 Å². The Balaban J connectivity index is 1.55. The van der Waals surface area contributed by atoms with Gasteiger partial charge in [-0.1, -0.05) is 30.2 Å². The van der Waals surface area contributed by atoms with Gasteiger partial charge in [0.15, 0.2) is 0 Å². The average Bonchev–Trinajstić information content (AvgIpc) is 3.32. The molecule has 2 fully saturated rings. The zero-order chi connectivity index (χ0) is 16.4. The van der Waals surface area contributed by atoms with Crippen molar-refractivity contribution in [3.8, 4) is 0 Å². The van der Waals surface area contributed by atoms with Crippen LogP contribution in [0, 0.1) is 5.92 Å². The molecule has 2 saturated carbocycles. The highest BCUT2D eigenvalue weighted by atomic mass is 35.5. The number of benzene rings is 1. The summed E-state index contributed by atoms with van der Waals surface area (Å²) in [4.78, 5) is 13.9. The second-order valence-corrected chi connectivity index (χ2v) is 7.52. The minimum absolute atomic E-state index is 0.0379. The molecule has 0 radical (unpaired) electrons. The van der Waals surface area contributed by atoms with E-state index in [0.29, 0.717) is 19.0 Å². The van der Waals surface area contributed by atoms with Gasteiger partial charge < -0.3 is 15.3 Å². The van der Waals surface area contributed by atoms with Gasteiger partial charge in [-0.15, -0.1) is 0 Å². The van der Waals surface area contributed by atoms with E-state index in [2.05, 4.69) is 17.4 Å². The normalized spacial score (nSPS) is 20.5. The van der Waals surface area contributed by atoms with Gasteiger partial charge in [0.1, 0.15) is 0 Å². The minimum Gasteiger partial charge on any atom is -0.391 e. The topological polar surface area (TPSA) is 52.6 Å². The van der Waals surface area contributed by atoms with Crippen molar-refractivity contribution in [2.75, 3.05) is 20.1 Å². The predicted molar refractivity (Wildman–Crippen MR) is 91.7 cm³/mol. The van der Waals surface area contributed by atoms with Gasteiger partial charge >= 0.3 is 6.03 Å². The molecule has 2 aliphatic rings. The van der Waals surface area contributed by atoms with Gasteiger partial charge in [-0.05, 0) is 49.3 Å². The maximum absolute atomic E-state index is 12.3. The SMILES string of the molecule is CN(CC(O)C1CC1)C(=O)NCC1(c2ccc(Cl)cc2)CCC1. The van der Waals surface area contributed by atoms with Crippen LogP contribution in [-0.4, -0.2) is 42.3 Å². The molecule has 0 bridgehead atoms. The number of carbonyl (C=O) groups excluding carboxylic acids is 1. The van der Waals surface area contributed by atoms with Gasteiger partial charge in [-0.25, -0.2) is 4.79 Å². The fourth-order valence-electron chi connectivity index (χ4n) is 3.35. The van der Waals surface area contributed by atoms with Crippen LogP contribution in [-0.2, 0) is 5.41 Å². The number of rotatable bonds is 6. The molecule has 23 heavy (non-hydrogen) atoms. The van der Waals surface area contributed by atoms with Crippen LogP contribution in [0.5, 0.6) is 0 Å². The van der Waals surface area contributed by atoms with Crippen LogP contribution in [0.15, 0.2) is 24.3 Å². The van der Waals surface area contributed by atoms with Gasteiger partial charge in [-0.3, -0.25) is 0 Å². The minimum atomic E-state index is -0.389. The van der Waals surface area contributed by atoms with E-state index in [-0.39, 0.29) is 17.6 Å². The molecule has 0 spiro atoms. The molecule has 0 aliphatic heterocycles. The third kappa shape index (κ3) is 3.81. The molecule has 1 unspecified atom stereocenters. The standard InChI is InChI=1S/C18H25ClN2O2/c1-21(11-16(22)13-3-4-13)17(23)20-12-18(9-2-10-18)14-5-7-15(19)8-6-14/h5-8,13,16,22H,2-4,9-12H2,1H3,(H,20,23). The summed E-state index contributed by atoms with van der Waals surface area (Å²) in [6.07, 6.45) is 5.13. The molecule has 5 heteroatoms. The fraction of sp³-hybridized carbons (Fsp3) is 0.611. The Morgan fingerprint density at radius 3 is 2.57 bits per heavy atom. The second-order valence-electron chi connectivity index (χ2n) is 7.08. The van der Waals surface area contributed by atoms with Crippen molar-refractivity contribution >= 4 is 17.6 Å². The molecule has 2 N–H and O–H groups in total. The first kappa shape index (κ1) is 16.6. The molecule has 2 amide bonds. The van der Waals surface area contributed by atoms with Gasteiger partial charge in [0.25, 0.3) is 0 Å². The Hall–Kier alpha value is -1.26. The maximum Gasteiger partial charge on any atom is 0.317 e. The Kier molecular flexibility index (Phi) is 4.83. The van der Waals surface area contributed by atoms with Crippen LogP contribution in [0.25, 0.3) is 0 Å². The Labute approximate surface area is 142 Å². The molecule has 0 heterocycles. The first-order chi connectivity index (χ1) is 11.0. The molecular weight excluding hydrogens is 312 g/mol. The van der Waals surface area contributed by atoms with E-state index in [0.717, 1.165) is 30.7 Å². The predicted octanol–water partition coefficient (Wildman–Crippen LogP) is 3.17. The van der Waals surface area contributed by atoms with E-state index in [1.807, 2.05) is 12.1 Å². The monoisotopic (exact) mass is 336 g/mol. The first-order valence-electron chi connectivity index (χ1n) is 8.43. The highest BCUT2D eigenvalue weighted by Gasteiger charge is 2.39. The van der Waals surface area contributed by atoms with Crippen LogP contribution in [0.2, 0.25) is 5.02 Å². The number of aliphatic hydroxyl groups excluding tert-OH is 1. The van der Waals surface area contributed by atoms with Crippen molar-refractivity contribution in [1.29, 1.82) is 0 Å². The number of hydrogen-bond donors (Lipinski definition) is 2. The maximum atomic E-state index is 12.3. The quantitative estimate of drug-likeness (QED) is 0.838. The number of amides is 2. The first-order valence-corrected chi connectivity index (χ1v) is 8.81. The number of urea groups is 1. The number of hydrogen-bond acceptors (Lipinski definition) is 2. The van der Waals surface area contributed by atoms with Crippen molar-refractivity contribution < 1.29 is 9.90 Å². The summed E-state index contributed by atoms with van der Waals surface area (Å²) < 4.78 is 0. The molecule has 1 atom stereocenters. The van der Waals surface area contributed by atoms with Crippen LogP contribution in [0.4, 0.5) is 4.79 Å². The number of carbonyl (C=O) groups is 1. The Morgan fingerprint density at radius 2 is 2.04 bits per heavy atom. The van der Waals surface area contributed by atoms with Gasteiger partial charge in [0, 0.05) is 30.6 Å². The zero-order valence-corrected chi connectivity index (χ0v) is 14.4. The molecule has 0 saturated heterocycles. The lowest BCUT2D eigenvalue weighted by atomic mass is 9.64. The van der Waals surface area contributed by atoms with Gasteiger partial charge in [-0.2, -0.15) is 0 Å². The van der Waals surface area contributed by atoms with E-state index < -0.39 is 0 Å². The summed E-state index contributed by atoms with van der Waals surface area (Å²) >= 11 is 5.97. The van der Waals surface area contributed by atoms with E-state index in [9.17, 15) is 9.90 Å². The summed E-state index contributed by atoms with van der Waals surface area (Å²) in [5.41, 5.74) is 1.28. The van der Waals surface area contributed by atoms with Crippen LogP contribution < -0.4 is 5.32 Å². The highest BCUT2D eigenvalue weighted by molar-refractivity contribution is 6.30. The molecule has 1 aromatic carbocycles.